The molecule has 4 nitrogen and oxygen atoms in total. The number of nitrogens with one attached hydrogen (secondary N) is 1. The lowest BCUT2D eigenvalue weighted by atomic mass is 9.86. The fourth-order valence-electron chi connectivity index (χ4n) is 3.39. The Hall–Kier alpha value is -1.08. The number of thiazole rings is 1. The van der Waals surface area contributed by atoms with Gasteiger partial charge in [-0.25, -0.2) is 4.98 Å². The van der Waals surface area contributed by atoms with Gasteiger partial charge in [-0.3, -0.25) is 9.69 Å². The summed E-state index contributed by atoms with van der Waals surface area (Å²) in [4.78, 5) is 20.2. The number of carbonyl (C=O) groups is 1. The molecule has 0 saturated carbocycles. The number of fused-ring (bicyclic) bond motifs is 3. The highest BCUT2D eigenvalue weighted by atomic mass is 35.5. The van der Waals surface area contributed by atoms with Crippen LogP contribution in [-0.2, 0) is 0 Å². The lowest BCUT2D eigenvalue weighted by Crippen LogP contribution is -2.56. The number of aromatic nitrogens is 1. The van der Waals surface area contributed by atoms with Gasteiger partial charge in [-0.2, -0.15) is 0 Å². The van der Waals surface area contributed by atoms with Crippen molar-refractivity contribution in [2.24, 2.45) is 5.92 Å². The van der Waals surface area contributed by atoms with Gasteiger partial charge in [0.2, 0.25) is 0 Å². The Bertz CT molecular complexity index is 743. The van der Waals surface area contributed by atoms with Crippen molar-refractivity contribution in [2.75, 3.05) is 13.1 Å². The van der Waals surface area contributed by atoms with Crippen LogP contribution in [0.5, 0.6) is 0 Å². The van der Waals surface area contributed by atoms with Crippen molar-refractivity contribution < 1.29 is 4.79 Å². The van der Waals surface area contributed by atoms with E-state index in [9.17, 15) is 4.79 Å². The van der Waals surface area contributed by atoms with Crippen molar-refractivity contribution in [1.82, 2.24) is 15.2 Å². The molecule has 1 amide bonds. The number of amides is 1. The standard InChI is InChI=1S/C17H18ClN3OS2/c18-12-2-1-3-13(9-12)23-15-10-19-17(24-15)16(22)20-14-8-11-4-6-21(14)7-5-11/h1-3,9-11,14H,4-8H2,(H,20,22). The summed E-state index contributed by atoms with van der Waals surface area (Å²) in [5, 5.41) is 4.40. The Morgan fingerprint density at radius 3 is 2.92 bits per heavy atom. The zero-order valence-electron chi connectivity index (χ0n) is 13.1. The van der Waals surface area contributed by atoms with Crippen LogP contribution in [0, 0.1) is 5.92 Å². The Balaban J connectivity index is 1.40. The molecule has 2 bridgehead atoms. The first kappa shape index (κ1) is 16.4. The molecule has 126 valence electrons. The summed E-state index contributed by atoms with van der Waals surface area (Å²) in [7, 11) is 0. The first-order valence-electron chi connectivity index (χ1n) is 8.11. The van der Waals surface area contributed by atoms with Gasteiger partial charge in [0, 0.05) is 23.0 Å². The molecule has 1 unspecified atom stereocenters. The van der Waals surface area contributed by atoms with Crippen molar-refractivity contribution in [3.05, 3.63) is 40.5 Å². The largest absolute Gasteiger partial charge is 0.334 e. The molecule has 0 spiro atoms. The Kier molecular flexibility index (Phi) is 4.81. The van der Waals surface area contributed by atoms with Crippen molar-refractivity contribution >= 4 is 40.6 Å². The van der Waals surface area contributed by atoms with Crippen LogP contribution in [0.4, 0.5) is 0 Å². The normalized spacial score (nSPS) is 25.6. The van der Waals surface area contributed by atoms with E-state index in [0.29, 0.717) is 10.0 Å². The van der Waals surface area contributed by atoms with Crippen LogP contribution in [0.2, 0.25) is 5.02 Å². The highest BCUT2D eigenvalue weighted by molar-refractivity contribution is 8.01. The first-order chi connectivity index (χ1) is 11.7. The van der Waals surface area contributed by atoms with E-state index in [0.717, 1.165) is 34.5 Å². The highest BCUT2D eigenvalue weighted by Gasteiger charge is 2.34. The number of benzene rings is 1. The predicted octanol–water partition coefficient (Wildman–Crippen LogP) is 4.12. The number of hydrogen-bond donors (Lipinski definition) is 1. The second kappa shape index (κ2) is 7.04. The zero-order valence-corrected chi connectivity index (χ0v) is 15.5. The van der Waals surface area contributed by atoms with Crippen molar-refractivity contribution in [2.45, 2.75) is 34.5 Å². The molecular weight excluding hydrogens is 362 g/mol. The summed E-state index contributed by atoms with van der Waals surface area (Å²) in [5.41, 5.74) is 0. The number of halogens is 1. The van der Waals surface area contributed by atoms with E-state index in [4.69, 9.17) is 11.6 Å². The Morgan fingerprint density at radius 2 is 2.21 bits per heavy atom. The monoisotopic (exact) mass is 379 g/mol. The summed E-state index contributed by atoms with van der Waals surface area (Å²) in [6.07, 6.45) is 5.55. The maximum atomic E-state index is 12.5. The van der Waals surface area contributed by atoms with Crippen LogP contribution in [0.3, 0.4) is 0 Å². The third-order valence-electron chi connectivity index (χ3n) is 4.64. The fraction of sp³-hybridized carbons (Fsp3) is 0.412. The minimum absolute atomic E-state index is 0.0597. The predicted molar refractivity (Wildman–Crippen MR) is 97.9 cm³/mol. The summed E-state index contributed by atoms with van der Waals surface area (Å²) >= 11 is 9.02. The first-order valence-corrected chi connectivity index (χ1v) is 10.1. The second-order valence-electron chi connectivity index (χ2n) is 6.25. The molecule has 3 fully saturated rings. The average Bonchev–Trinajstić information content (AvgIpc) is 3.05. The van der Waals surface area contributed by atoms with Crippen LogP contribution >= 0.6 is 34.7 Å². The molecule has 1 atom stereocenters. The van der Waals surface area contributed by atoms with E-state index in [-0.39, 0.29) is 12.1 Å². The maximum Gasteiger partial charge on any atom is 0.281 e. The molecule has 4 heterocycles. The van der Waals surface area contributed by atoms with E-state index in [1.54, 1.807) is 18.0 Å². The van der Waals surface area contributed by atoms with Gasteiger partial charge in [-0.05, 0) is 43.4 Å². The van der Waals surface area contributed by atoms with E-state index in [1.165, 1.54) is 24.2 Å². The molecule has 1 aromatic carbocycles. The van der Waals surface area contributed by atoms with Gasteiger partial charge < -0.3 is 5.32 Å². The Morgan fingerprint density at radius 1 is 1.38 bits per heavy atom. The van der Waals surface area contributed by atoms with Gasteiger partial charge in [0.15, 0.2) is 5.01 Å². The quantitative estimate of drug-likeness (QED) is 0.867. The van der Waals surface area contributed by atoms with Gasteiger partial charge in [-0.1, -0.05) is 29.4 Å². The summed E-state index contributed by atoms with van der Waals surface area (Å²) < 4.78 is 0.993. The minimum atomic E-state index is -0.0597. The molecular formula is C17H18ClN3OS2. The molecule has 24 heavy (non-hydrogen) atoms. The average molecular weight is 380 g/mol. The number of carbonyl (C=O) groups excluding carboxylic acids is 1. The highest BCUT2D eigenvalue weighted by Crippen LogP contribution is 2.34. The van der Waals surface area contributed by atoms with Crippen molar-refractivity contribution in [3.63, 3.8) is 0 Å². The molecule has 0 aliphatic carbocycles. The minimum Gasteiger partial charge on any atom is -0.334 e. The number of hydrogen-bond acceptors (Lipinski definition) is 5. The molecule has 2 aromatic rings. The number of rotatable bonds is 4. The zero-order chi connectivity index (χ0) is 16.5. The maximum absolute atomic E-state index is 12.5. The third kappa shape index (κ3) is 3.61. The van der Waals surface area contributed by atoms with Gasteiger partial charge in [0.1, 0.15) is 0 Å². The van der Waals surface area contributed by atoms with Gasteiger partial charge in [0.05, 0.1) is 16.6 Å². The van der Waals surface area contributed by atoms with Gasteiger partial charge in [-0.15, -0.1) is 11.3 Å². The Labute approximate surface area is 154 Å². The molecule has 5 rings (SSSR count). The summed E-state index contributed by atoms with van der Waals surface area (Å²) in [6.45, 7) is 2.20. The SMILES string of the molecule is O=C(NC1CC2CCN1CC2)c1ncc(Sc2cccc(Cl)c2)s1. The summed E-state index contributed by atoms with van der Waals surface area (Å²) in [6, 6.07) is 7.69. The molecule has 3 aliphatic rings. The molecule has 1 N–H and O–H groups in total. The smallest absolute Gasteiger partial charge is 0.281 e. The fourth-order valence-corrected chi connectivity index (χ4v) is 5.56. The van der Waals surface area contributed by atoms with E-state index >= 15 is 0 Å². The lowest BCUT2D eigenvalue weighted by Gasteiger charge is -2.45. The number of nitrogens with zero attached hydrogens (tertiary/aromatic N) is 2. The number of piperidine rings is 3. The van der Waals surface area contributed by atoms with Gasteiger partial charge in [0.25, 0.3) is 5.91 Å². The third-order valence-corrected chi connectivity index (χ3v) is 6.96. The van der Waals surface area contributed by atoms with E-state index in [2.05, 4.69) is 15.2 Å². The summed E-state index contributed by atoms with van der Waals surface area (Å²) in [5.74, 6) is 0.709. The van der Waals surface area contributed by atoms with Crippen molar-refractivity contribution in [3.8, 4) is 0 Å². The molecule has 3 saturated heterocycles. The van der Waals surface area contributed by atoms with Gasteiger partial charge >= 0.3 is 0 Å². The van der Waals surface area contributed by atoms with Crippen molar-refractivity contribution in [1.29, 1.82) is 0 Å². The van der Waals surface area contributed by atoms with Crippen LogP contribution in [0.15, 0.2) is 39.6 Å². The molecule has 7 heteroatoms. The van der Waals surface area contributed by atoms with E-state index in [1.807, 2.05) is 24.3 Å². The molecule has 1 aromatic heterocycles. The van der Waals surface area contributed by atoms with Crippen LogP contribution < -0.4 is 5.32 Å². The van der Waals surface area contributed by atoms with Crippen LogP contribution in [0.25, 0.3) is 0 Å². The van der Waals surface area contributed by atoms with E-state index < -0.39 is 0 Å². The molecule has 0 radical (unpaired) electrons. The van der Waals surface area contributed by atoms with Crippen LogP contribution in [0.1, 0.15) is 29.1 Å². The topological polar surface area (TPSA) is 45.2 Å². The molecule has 3 aliphatic heterocycles. The van der Waals surface area contributed by atoms with Crippen LogP contribution in [-0.4, -0.2) is 35.0 Å². The lowest BCUT2D eigenvalue weighted by molar-refractivity contribution is 0.0295. The second-order valence-corrected chi connectivity index (χ2v) is 9.09.